The first-order chi connectivity index (χ1) is 9.75. The first-order valence-corrected chi connectivity index (χ1v) is 6.72. The van der Waals surface area contributed by atoms with Crippen LogP contribution in [-0.2, 0) is 14.7 Å². The third-order valence-electron chi connectivity index (χ3n) is 2.70. The Kier molecular flexibility index (Phi) is 3.55. The van der Waals surface area contributed by atoms with Crippen molar-refractivity contribution >= 4 is 32.6 Å². The fraction of sp³-hybridized carbons (Fsp3) is 0. The summed E-state index contributed by atoms with van der Waals surface area (Å²) >= 11 is 0. The molecule has 0 bridgehead atoms. The lowest BCUT2D eigenvalue weighted by atomic mass is 10.1. The number of nitrogens with zero attached hydrogens (tertiary/aromatic N) is 2. The zero-order chi connectivity index (χ0) is 15.8. The molecule has 2 aromatic rings. The zero-order valence-corrected chi connectivity index (χ0v) is 10.9. The molecule has 0 amide bonds. The Labute approximate surface area is 117 Å². The van der Waals surface area contributed by atoms with Gasteiger partial charge in [0.2, 0.25) is 4.90 Å². The second-order valence-electron chi connectivity index (χ2n) is 3.93. The molecule has 0 unspecified atom stereocenters. The third kappa shape index (κ3) is 2.65. The maximum absolute atomic E-state index is 11.8. The standard InChI is InChI=1S/C10H7N3O7S/c14-8-4-9(21(18,19)20)7-3-5(13(16)17)1-2-6(7)10(8)11-12-15/h1-4H,(H3-,11,12,14,15,18,19,20). The van der Waals surface area contributed by atoms with Crippen LogP contribution in [-0.4, -0.2) is 14.0 Å². The Hall–Kier alpha value is -2.63. The average Bonchev–Trinajstić information content (AvgIpc) is 2.39. The second kappa shape index (κ2) is 5.05. The molecule has 0 aliphatic rings. The maximum Gasteiger partial charge on any atom is 0.387 e. The minimum atomic E-state index is -4.54. The highest BCUT2D eigenvalue weighted by Crippen LogP contribution is 2.38. The quantitative estimate of drug-likeness (QED) is 0.332. The normalized spacial score (nSPS) is 11.3. The van der Waals surface area contributed by atoms with E-state index in [-0.39, 0.29) is 16.5 Å². The van der Waals surface area contributed by atoms with E-state index >= 15 is 0 Å². The fourth-order valence-corrected chi connectivity index (χ4v) is 2.57. The van der Waals surface area contributed by atoms with Crippen molar-refractivity contribution in [2.24, 2.45) is 5.29 Å². The van der Waals surface area contributed by atoms with Crippen molar-refractivity contribution in [3.05, 3.63) is 39.3 Å². The van der Waals surface area contributed by atoms with Gasteiger partial charge in [0, 0.05) is 17.5 Å². The van der Waals surface area contributed by atoms with Crippen molar-refractivity contribution in [2.45, 2.75) is 4.90 Å². The van der Waals surface area contributed by atoms with Crippen molar-refractivity contribution in [3.63, 3.8) is 0 Å². The molecule has 0 saturated heterocycles. The van der Waals surface area contributed by atoms with Crippen LogP contribution in [0.15, 0.2) is 34.4 Å². The third-order valence-corrected chi connectivity index (χ3v) is 3.61. The van der Waals surface area contributed by atoms with E-state index < -0.39 is 31.8 Å². The highest BCUT2D eigenvalue weighted by Gasteiger charge is 2.30. The predicted octanol–water partition coefficient (Wildman–Crippen LogP) is 1.72. The first-order valence-electron chi connectivity index (χ1n) is 5.25. The van der Waals surface area contributed by atoms with Crippen molar-refractivity contribution in [1.29, 1.82) is 0 Å². The Bertz CT molecular complexity index is 801. The van der Waals surface area contributed by atoms with E-state index in [0.29, 0.717) is 6.07 Å². The molecule has 0 heterocycles. The van der Waals surface area contributed by atoms with Crippen LogP contribution >= 0.6 is 0 Å². The lowest BCUT2D eigenvalue weighted by Gasteiger charge is -2.15. The van der Waals surface area contributed by atoms with Crippen LogP contribution < -0.4 is 10.5 Å². The Morgan fingerprint density at radius 1 is 1.24 bits per heavy atom. The van der Waals surface area contributed by atoms with Gasteiger partial charge in [-0.05, 0) is 16.3 Å². The van der Waals surface area contributed by atoms with Crippen molar-refractivity contribution < 1.29 is 23.3 Å². The molecule has 10 nitrogen and oxygen atoms in total. The summed E-state index contributed by atoms with van der Waals surface area (Å²) < 4.78 is 29.9. The van der Waals surface area contributed by atoms with Crippen molar-refractivity contribution in [2.75, 3.05) is 5.43 Å². The van der Waals surface area contributed by atoms with Crippen LogP contribution in [0.25, 0.3) is 10.8 Å². The number of benzene rings is 2. The predicted molar refractivity (Wildman–Crippen MR) is 71.0 cm³/mol. The van der Waals surface area contributed by atoms with Crippen LogP contribution in [0, 0.1) is 15.0 Å². The summed E-state index contributed by atoms with van der Waals surface area (Å²) in [6.07, 6.45) is 0. The molecule has 2 aromatic carbocycles. The Morgan fingerprint density at radius 3 is 2.43 bits per heavy atom. The SMILES string of the molecule is O=NNc1c([O-])cc([S+](=O)(O)O)c2cc([N+](=O)[O-])ccc12. The van der Waals surface area contributed by atoms with Gasteiger partial charge in [-0.1, -0.05) is 5.75 Å². The molecule has 0 aliphatic heterocycles. The van der Waals surface area contributed by atoms with Crippen molar-refractivity contribution in [3.8, 4) is 5.75 Å². The summed E-state index contributed by atoms with van der Waals surface area (Å²) in [7, 11) is -4.54. The van der Waals surface area contributed by atoms with E-state index in [9.17, 15) is 33.4 Å². The van der Waals surface area contributed by atoms with E-state index in [4.69, 9.17) is 0 Å². The number of nitroso groups, excluding NO2 is 1. The summed E-state index contributed by atoms with van der Waals surface area (Å²) in [6, 6.07) is 3.67. The molecule has 0 spiro atoms. The first kappa shape index (κ1) is 14.8. The van der Waals surface area contributed by atoms with Gasteiger partial charge in [0.25, 0.3) is 5.69 Å². The van der Waals surface area contributed by atoms with Gasteiger partial charge in [-0.25, -0.2) is 5.43 Å². The van der Waals surface area contributed by atoms with E-state index in [1.165, 1.54) is 0 Å². The monoisotopic (exact) mass is 313 g/mol. The van der Waals surface area contributed by atoms with Gasteiger partial charge in [-0.15, -0.1) is 4.91 Å². The topological polar surface area (TPSA) is 165 Å². The number of nitrogens with one attached hydrogen (secondary N) is 1. The molecular formula is C10H7N3O7S. The van der Waals surface area contributed by atoms with Crippen LogP contribution in [0.5, 0.6) is 5.75 Å². The van der Waals surface area contributed by atoms with Gasteiger partial charge < -0.3 is 5.11 Å². The number of rotatable bonds is 4. The summed E-state index contributed by atoms with van der Waals surface area (Å²) in [5.74, 6) is -0.873. The summed E-state index contributed by atoms with van der Waals surface area (Å²) in [4.78, 5) is 19.6. The molecule has 3 N–H and O–H groups in total. The van der Waals surface area contributed by atoms with Crippen LogP contribution in [0.1, 0.15) is 0 Å². The number of fused-ring (bicyclic) bond motifs is 1. The van der Waals surface area contributed by atoms with E-state index in [1.807, 2.05) is 5.43 Å². The summed E-state index contributed by atoms with van der Waals surface area (Å²) in [6.45, 7) is 0. The van der Waals surface area contributed by atoms with Gasteiger partial charge in [0.05, 0.1) is 21.3 Å². The summed E-state index contributed by atoms with van der Waals surface area (Å²) in [5.41, 5.74) is 1.14. The van der Waals surface area contributed by atoms with Gasteiger partial charge in [-0.2, -0.15) is 9.11 Å². The molecular weight excluding hydrogens is 306 g/mol. The molecule has 0 radical (unpaired) electrons. The smallest absolute Gasteiger partial charge is 0.387 e. The highest BCUT2D eigenvalue weighted by atomic mass is 32.3. The Balaban J connectivity index is 2.94. The molecule has 0 aliphatic carbocycles. The number of anilines is 1. The van der Waals surface area contributed by atoms with Gasteiger partial charge in [0.15, 0.2) is 0 Å². The second-order valence-corrected chi connectivity index (χ2v) is 5.37. The molecule has 11 heteroatoms. The average molecular weight is 313 g/mol. The van der Waals surface area contributed by atoms with Crippen molar-refractivity contribution in [1.82, 2.24) is 0 Å². The van der Waals surface area contributed by atoms with E-state index in [2.05, 4.69) is 5.29 Å². The van der Waals surface area contributed by atoms with Gasteiger partial charge in [0.1, 0.15) is 0 Å². The summed E-state index contributed by atoms with van der Waals surface area (Å²) in [5, 5.41) is 24.6. The van der Waals surface area contributed by atoms with Gasteiger partial charge in [-0.3, -0.25) is 10.1 Å². The number of non-ortho nitro benzene ring substituents is 1. The minimum Gasteiger partial charge on any atom is -0.871 e. The number of nitro benzene ring substituents is 1. The van der Waals surface area contributed by atoms with Gasteiger partial charge >= 0.3 is 10.5 Å². The largest absolute Gasteiger partial charge is 0.871 e. The lowest BCUT2D eigenvalue weighted by Crippen LogP contribution is -2.10. The minimum absolute atomic E-state index is 0.0569. The molecule has 0 saturated carbocycles. The van der Waals surface area contributed by atoms with E-state index in [0.717, 1.165) is 18.2 Å². The molecule has 110 valence electrons. The van der Waals surface area contributed by atoms with E-state index in [1.54, 1.807) is 0 Å². The number of hydrogen-bond donors (Lipinski definition) is 3. The molecule has 2 rings (SSSR count). The number of nitro groups is 1. The molecule has 0 aromatic heterocycles. The van der Waals surface area contributed by atoms with Crippen LogP contribution in [0.3, 0.4) is 0 Å². The van der Waals surface area contributed by atoms with Crippen LogP contribution in [0.2, 0.25) is 0 Å². The fourth-order valence-electron chi connectivity index (χ4n) is 1.85. The highest BCUT2D eigenvalue weighted by molar-refractivity contribution is 7.92. The number of hydrogen-bond acceptors (Lipinski definition) is 6. The molecule has 0 atom stereocenters. The molecule has 21 heavy (non-hydrogen) atoms. The lowest BCUT2D eigenvalue weighted by molar-refractivity contribution is -0.384. The Morgan fingerprint density at radius 2 is 1.90 bits per heavy atom. The van der Waals surface area contributed by atoms with Crippen LogP contribution in [0.4, 0.5) is 11.4 Å². The molecule has 0 fully saturated rings. The zero-order valence-electron chi connectivity index (χ0n) is 10.0. The maximum atomic E-state index is 11.8.